The molecule has 0 aliphatic rings. The Morgan fingerprint density at radius 3 is 2.14 bits per heavy atom. The Hall–Kier alpha value is -0.0800. The van der Waals surface area contributed by atoms with Gasteiger partial charge in [0.15, 0.2) is 0 Å². The number of hydrogen-bond acceptors (Lipinski definition) is 1. The minimum Gasteiger partial charge on any atom is -0.339 e. The molecule has 0 saturated heterocycles. The Bertz CT molecular complexity index is 35.1. The van der Waals surface area contributed by atoms with Gasteiger partial charge in [0.2, 0.25) is 0 Å². The van der Waals surface area contributed by atoms with E-state index < -0.39 is 0 Å². The fraction of sp³-hybridized carbons (Fsp3) is 1.00. The van der Waals surface area contributed by atoms with E-state index in [1.165, 1.54) is 11.4 Å². The fourth-order valence-corrected chi connectivity index (χ4v) is 0.375. The maximum absolute atomic E-state index is 3.08. The first kappa shape index (κ1) is 6.92. The summed E-state index contributed by atoms with van der Waals surface area (Å²) in [5, 5.41) is 3.08. The van der Waals surface area contributed by atoms with Gasteiger partial charge in [-0.2, -0.15) is 0 Å². The van der Waals surface area contributed by atoms with Gasteiger partial charge in [-0.1, -0.05) is 0 Å². The predicted octanol–water partition coefficient (Wildman–Crippen LogP) is -1.65. The molecule has 7 heavy (non-hydrogen) atoms. The summed E-state index contributed by atoms with van der Waals surface area (Å²) in [6.45, 7) is 2.32. The minimum atomic E-state index is 1.11. The van der Waals surface area contributed by atoms with Gasteiger partial charge in [0.1, 0.15) is 0 Å². The van der Waals surface area contributed by atoms with Crippen molar-refractivity contribution in [3.8, 4) is 0 Å². The van der Waals surface area contributed by atoms with Crippen molar-refractivity contribution in [2.75, 3.05) is 34.2 Å². The summed E-state index contributed by atoms with van der Waals surface area (Å²) in [6.07, 6.45) is 0. The van der Waals surface area contributed by atoms with E-state index in [4.69, 9.17) is 0 Å². The lowest BCUT2D eigenvalue weighted by Gasteiger charge is -2.04. The molecular weight excluding hydrogens is 88.1 g/mol. The topological polar surface area (TPSA) is 16.5 Å². The summed E-state index contributed by atoms with van der Waals surface area (Å²) in [5.41, 5.74) is 0. The van der Waals surface area contributed by atoms with Gasteiger partial charge in [-0.05, 0) is 7.05 Å². The van der Waals surface area contributed by atoms with Crippen molar-refractivity contribution < 1.29 is 4.90 Å². The van der Waals surface area contributed by atoms with Crippen LogP contribution in [0.1, 0.15) is 0 Å². The summed E-state index contributed by atoms with van der Waals surface area (Å²) in [4.78, 5) is 1.49. The van der Waals surface area contributed by atoms with Crippen molar-refractivity contribution in [1.29, 1.82) is 0 Å². The molecule has 44 valence electrons. The molecule has 0 aromatic carbocycles. The largest absolute Gasteiger partial charge is 0.339 e. The summed E-state index contributed by atoms with van der Waals surface area (Å²) in [6, 6.07) is 0. The van der Waals surface area contributed by atoms with E-state index in [9.17, 15) is 0 Å². The first-order valence-electron chi connectivity index (χ1n) is 2.71. The molecule has 0 amide bonds. The van der Waals surface area contributed by atoms with E-state index in [2.05, 4.69) is 19.4 Å². The highest BCUT2D eigenvalue weighted by atomic mass is 15.1. The van der Waals surface area contributed by atoms with Crippen molar-refractivity contribution in [2.24, 2.45) is 0 Å². The highest BCUT2D eigenvalue weighted by molar-refractivity contribution is 4.28. The zero-order valence-corrected chi connectivity index (χ0v) is 5.41. The van der Waals surface area contributed by atoms with Gasteiger partial charge in [-0.25, -0.2) is 0 Å². The number of rotatable bonds is 3. The van der Waals surface area contributed by atoms with Crippen LogP contribution in [0.3, 0.4) is 0 Å². The van der Waals surface area contributed by atoms with Gasteiger partial charge in [0, 0.05) is 6.54 Å². The van der Waals surface area contributed by atoms with Crippen LogP contribution in [0.15, 0.2) is 0 Å². The molecule has 0 heterocycles. The molecule has 0 aromatic heterocycles. The zero-order chi connectivity index (χ0) is 5.70. The van der Waals surface area contributed by atoms with Crippen LogP contribution in [-0.4, -0.2) is 34.2 Å². The lowest BCUT2D eigenvalue weighted by atomic mass is 10.6. The summed E-state index contributed by atoms with van der Waals surface area (Å²) in [5.74, 6) is 0. The molecule has 0 bridgehead atoms. The van der Waals surface area contributed by atoms with Gasteiger partial charge in [0.05, 0.1) is 20.6 Å². The molecule has 0 aliphatic carbocycles. The standard InChI is InChI=1S/C5H14N2/c1-6-4-5-7(2)3/h6H,4-5H2,1-3H3/p+1. The van der Waals surface area contributed by atoms with Crippen LogP contribution < -0.4 is 10.2 Å². The first-order chi connectivity index (χ1) is 3.27. The van der Waals surface area contributed by atoms with E-state index in [1.54, 1.807) is 0 Å². The van der Waals surface area contributed by atoms with Crippen LogP contribution in [0.2, 0.25) is 0 Å². The lowest BCUT2D eigenvalue weighted by molar-refractivity contribution is -0.856. The molecule has 0 aromatic rings. The van der Waals surface area contributed by atoms with Crippen LogP contribution in [-0.2, 0) is 0 Å². The molecule has 0 saturated carbocycles. The van der Waals surface area contributed by atoms with Crippen LogP contribution in [0.5, 0.6) is 0 Å². The van der Waals surface area contributed by atoms with Crippen LogP contribution in [0, 0.1) is 0 Å². The SMILES string of the molecule is CNCC[NH+](C)C. The zero-order valence-electron chi connectivity index (χ0n) is 5.41. The quantitative estimate of drug-likeness (QED) is 0.437. The van der Waals surface area contributed by atoms with Crippen molar-refractivity contribution in [3.05, 3.63) is 0 Å². The van der Waals surface area contributed by atoms with Crippen molar-refractivity contribution >= 4 is 0 Å². The maximum Gasteiger partial charge on any atom is 0.0893 e. The number of likely N-dealkylation sites (N-methyl/N-ethyl adjacent to an activating group) is 2. The number of nitrogens with one attached hydrogen (secondary N) is 2. The van der Waals surface area contributed by atoms with Gasteiger partial charge in [-0.3, -0.25) is 0 Å². The van der Waals surface area contributed by atoms with E-state index in [1.807, 2.05) is 7.05 Å². The number of hydrogen-bond donors (Lipinski definition) is 2. The van der Waals surface area contributed by atoms with E-state index in [0.29, 0.717) is 0 Å². The maximum atomic E-state index is 3.08. The molecule has 0 radical (unpaired) electrons. The first-order valence-corrected chi connectivity index (χ1v) is 2.71. The predicted molar refractivity (Wildman–Crippen MR) is 31.6 cm³/mol. The van der Waals surface area contributed by atoms with E-state index in [-0.39, 0.29) is 0 Å². The van der Waals surface area contributed by atoms with E-state index in [0.717, 1.165) is 6.54 Å². The highest BCUT2D eigenvalue weighted by Gasteiger charge is 1.86. The molecule has 0 atom stereocenters. The Morgan fingerprint density at radius 2 is 2.00 bits per heavy atom. The third-order valence-electron chi connectivity index (χ3n) is 0.875. The number of quaternary nitrogens is 1. The second kappa shape index (κ2) is 4.09. The van der Waals surface area contributed by atoms with Crippen molar-refractivity contribution in [3.63, 3.8) is 0 Å². The van der Waals surface area contributed by atoms with Crippen LogP contribution >= 0.6 is 0 Å². The lowest BCUT2D eigenvalue weighted by Crippen LogP contribution is -3.06. The molecular formula is C5H15N2+. The second-order valence-corrected chi connectivity index (χ2v) is 2.06. The smallest absolute Gasteiger partial charge is 0.0893 e. The van der Waals surface area contributed by atoms with Crippen molar-refractivity contribution in [1.82, 2.24) is 5.32 Å². The monoisotopic (exact) mass is 103 g/mol. The summed E-state index contributed by atoms with van der Waals surface area (Å²) >= 11 is 0. The molecule has 0 fully saturated rings. The summed E-state index contributed by atoms with van der Waals surface area (Å²) < 4.78 is 0. The van der Waals surface area contributed by atoms with Gasteiger partial charge in [-0.15, -0.1) is 0 Å². The third-order valence-corrected chi connectivity index (χ3v) is 0.875. The second-order valence-electron chi connectivity index (χ2n) is 2.06. The molecule has 2 nitrogen and oxygen atoms in total. The highest BCUT2D eigenvalue weighted by Crippen LogP contribution is 1.39. The molecule has 0 spiro atoms. The Morgan fingerprint density at radius 1 is 1.43 bits per heavy atom. The normalized spacial score (nSPS) is 10.3. The molecule has 2 heteroatoms. The van der Waals surface area contributed by atoms with Crippen molar-refractivity contribution in [2.45, 2.75) is 0 Å². The fourth-order valence-electron chi connectivity index (χ4n) is 0.375. The van der Waals surface area contributed by atoms with Gasteiger partial charge >= 0.3 is 0 Å². The average Bonchev–Trinajstić information content (AvgIpc) is 1.61. The minimum absolute atomic E-state index is 1.11. The van der Waals surface area contributed by atoms with E-state index >= 15 is 0 Å². The third kappa shape index (κ3) is 5.92. The Labute approximate surface area is 45.5 Å². The van der Waals surface area contributed by atoms with Gasteiger partial charge in [0.25, 0.3) is 0 Å². The molecule has 0 unspecified atom stereocenters. The van der Waals surface area contributed by atoms with Crippen LogP contribution in [0.4, 0.5) is 0 Å². The summed E-state index contributed by atoms with van der Waals surface area (Å²) in [7, 11) is 6.28. The Kier molecular flexibility index (Phi) is 4.04. The molecule has 0 aliphatic heterocycles. The van der Waals surface area contributed by atoms with Gasteiger partial charge < -0.3 is 10.2 Å². The average molecular weight is 103 g/mol. The van der Waals surface area contributed by atoms with Crippen LogP contribution in [0.25, 0.3) is 0 Å². The molecule has 2 N–H and O–H groups in total. The molecule has 0 rings (SSSR count). The Balaban J connectivity index is 2.68.